The highest BCUT2D eigenvalue weighted by atomic mass is 32.2. The quantitative estimate of drug-likeness (QED) is 0.709. The molecule has 1 atom stereocenters. The Hall–Kier alpha value is -0.880. The second kappa shape index (κ2) is 5.84. The number of amides is 1. The summed E-state index contributed by atoms with van der Waals surface area (Å²) in [6, 6.07) is 0. The maximum Gasteiger partial charge on any atom is 0.238 e. The number of hydrogen-bond donors (Lipinski definition) is 2. The van der Waals surface area contributed by atoms with Gasteiger partial charge in [0.1, 0.15) is 5.25 Å². The van der Waals surface area contributed by atoms with Crippen molar-refractivity contribution in [2.24, 2.45) is 0 Å². The van der Waals surface area contributed by atoms with Crippen LogP contribution in [0.1, 0.15) is 25.7 Å². The van der Waals surface area contributed by atoms with Crippen LogP contribution in [0.25, 0.3) is 0 Å². The second-order valence-electron chi connectivity index (χ2n) is 4.89. The zero-order chi connectivity index (χ0) is 13.0. The molecule has 1 unspecified atom stereocenters. The van der Waals surface area contributed by atoms with Crippen LogP contribution in [0.2, 0.25) is 0 Å². The summed E-state index contributed by atoms with van der Waals surface area (Å²) in [6.07, 6.45) is 4.94. The van der Waals surface area contributed by atoms with Gasteiger partial charge < -0.3 is 10.6 Å². The van der Waals surface area contributed by atoms with E-state index in [0.717, 1.165) is 25.9 Å². The van der Waals surface area contributed by atoms with Gasteiger partial charge in [-0.25, -0.2) is 8.42 Å². The predicted octanol–water partition coefficient (Wildman–Crippen LogP) is -0.0104. The molecule has 0 bridgehead atoms. The topological polar surface area (TPSA) is 75.3 Å². The maximum absolute atomic E-state index is 11.9. The maximum atomic E-state index is 11.9. The number of nitrogens with one attached hydrogen (secondary N) is 2. The van der Waals surface area contributed by atoms with Gasteiger partial charge in [-0.1, -0.05) is 18.1 Å². The number of rotatable bonds is 3. The molecule has 18 heavy (non-hydrogen) atoms. The van der Waals surface area contributed by atoms with E-state index < -0.39 is 15.1 Å². The van der Waals surface area contributed by atoms with Crippen molar-refractivity contribution >= 4 is 15.7 Å². The summed E-state index contributed by atoms with van der Waals surface area (Å²) in [5.41, 5.74) is 1.18. The standard InChI is InChI=1S/C12H20N2O3S/c15-12(11-3-1-2-8-18(11,16)17)14-9-10-4-6-13-7-5-10/h4,11,13H,1-3,5-9H2,(H,14,15). The molecule has 2 N–H and O–H groups in total. The van der Waals surface area contributed by atoms with Crippen LogP contribution < -0.4 is 10.6 Å². The smallest absolute Gasteiger partial charge is 0.238 e. The molecule has 1 fully saturated rings. The molecule has 0 aliphatic carbocycles. The highest BCUT2D eigenvalue weighted by Crippen LogP contribution is 2.19. The van der Waals surface area contributed by atoms with Crippen molar-refractivity contribution < 1.29 is 13.2 Å². The summed E-state index contributed by atoms with van der Waals surface area (Å²) in [4.78, 5) is 11.9. The van der Waals surface area contributed by atoms with Gasteiger partial charge in [-0.2, -0.15) is 0 Å². The van der Waals surface area contributed by atoms with Gasteiger partial charge in [-0.05, 0) is 25.8 Å². The van der Waals surface area contributed by atoms with E-state index >= 15 is 0 Å². The van der Waals surface area contributed by atoms with E-state index in [2.05, 4.69) is 16.7 Å². The lowest BCUT2D eigenvalue weighted by atomic mass is 10.1. The van der Waals surface area contributed by atoms with Gasteiger partial charge >= 0.3 is 0 Å². The average Bonchev–Trinajstić information content (AvgIpc) is 2.37. The molecule has 6 heteroatoms. The van der Waals surface area contributed by atoms with Crippen molar-refractivity contribution in [3.8, 4) is 0 Å². The van der Waals surface area contributed by atoms with E-state index in [-0.39, 0.29) is 11.7 Å². The first-order valence-corrected chi connectivity index (χ1v) is 8.19. The minimum absolute atomic E-state index is 0.150. The summed E-state index contributed by atoms with van der Waals surface area (Å²) >= 11 is 0. The van der Waals surface area contributed by atoms with Crippen LogP contribution in [0.5, 0.6) is 0 Å². The molecule has 2 aliphatic rings. The molecule has 2 aliphatic heterocycles. The van der Waals surface area contributed by atoms with Crippen molar-refractivity contribution in [3.05, 3.63) is 11.6 Å². The Labute approximate surface area is 108 Å². The second-order valence-corrected chi connectivity index (χ2v) is 7.19. The fraction of sp³-hybridized carbons (Fsp3) is 0.750. The third-order valence-corrected chi connectivity index (χ3v) is 5.69. The molecule has 0 aromatic carbocycles. The number of carbonyl (C=O) groups is 1. The van der Waals surface area contributed by atoms with Crippen LogP contribution in [0.15, 0.2) is 11.6 Å². The van der Waals surface area contributed by atoms with Crippen LogP contribution in [0, 0.1) is 0 Å². The van der Waals surface area contributed by atoms with E-state index in [4.69, 9.17) is 0 Å². The first-order chi connectivity index (χ1) is 8.59. The Morgan fingerprint density at radius 1 is 1.44 bits per heavy atom. The van der Waals surface area contributed by atoms with Gasteiger partial charge in [0, 0.05) is 13.1 Å². The zero-order valence-corrected chi connectivity index (χ0v) is 11.3. The summed E-state index contributed by atoms with van der Waals surface area (Å²) in [5.74, 6) is -0.174. The molecule has 0 radical (unpaired) electrons. The zero-order valence-electron chi connectivity index (χ0n) is 10.4. The summed E-state index contributed by atoms with van der Waals surface area (Å²) in [6.45, 7) is 2.23. The van der Waals surface area contributed by atoms with Crippen LogP contribution in [-0.4, -0.2) is 45.0 Å². The lowest BCUT2D eigenvalue weighted by molar-refractivity contribution is -0.120. The molecule has 102 valence electrons. The monoisotopic (exact) mass is 272 g/mol. The highest BCUT2D eigenvalue weighted by molar-refractivity contribution is 7.92. The third-order valence-electron chi connectivity index (χ3n) is 3.52. The fourth-order valence-corrected chi connectivity index (χ4v) is 4.22. The van der Waals surface area contributed by atoms with E-state index in [1.807, 2.05) is 0 Å². The SMILES string of the molecule is O=C(NCC1=CCNCC1)C1CCCCS1(=O)=O. The molecule has 0 spiro atoms. The minimum Gasteiger partial charge on any atom is -0.351 e. The Morgan fingerprint density at radius 3 is 2.94 bits per heavy atom. The summed E-state index contributed by atoms with van der Waals surface area (Å²) in [7, 11) is -3.22. The Balaban J connectivity index is 1.89. The van der Waals surface area contributed by atoms with Crippen molar-refractivity contribution in [3.63, 3.8) is 0 Å². The molecule has 0 aromatic heterocycles. The third kappa shape index (κ3) is 3.32. The van der Waals surface area contributed by atoms with Gasteiger partial charge in [-0.15, -0.1) is 0 Å². The molecule has 0 aromatic rings. The van der Waals surface area contributed by atoms with Crippen molar-refractivity contribution in [1.82, 2.24) is 10.6 Å². The lowest BCUT2D eigenvalue weighted by Gasteiger charge is -2.22. The minimum atomic E-state index is -3.22. The van der Waals surface area contributed by atoms with E-state index in [1.54, 1.807) is 0 Å². The van der Waals surface area contributed by atoms with Crippen molar-refractivity contribution in [2.75, 3.05) is 25.4 Å². The van der Waals surface area contributed by atoms with Crippen LogP contribution >= 0.6 is 0 Å². The van der Waals surface area contributed by atoms with Crippen molar-refractivity contribution in [2.45, 2.75) is 30.9 Å². The Kier molecular flexibility index (Phi) is 4.40. The van der Waals surface area contributed by atoms with Gasteiger partial charge in [0.2, 0.25) is 5.91 Å². The first-order valence-electron chi connectivity index (χ1n) is 6.47. The first kappa shape index (κ1) is 13.5. The fourth-order valence-electron chi connectivity index (χ4n) is 2.39. The molecule has 2 heterocycles. The molecule has 5 nitrogen and oxygen atoms in total. The van der Waals surface area contributed by atoms with E-state index in [9.17, 15) is 13.2 Å². The molecular weight excluding hydrogens is 252 g/mol. The molecule has 1 amide bonds. The lowest BCUT2D eigenvalue weighted by Crippen LogP contribution is -2.43. The molecular formula is C12H20N2O3S. The number of hydrogen-bond acceptors (Lipinski definition) is 4. The van der Waals surface area contributed by atoms with Crippen molar-refractivity contribution in [1.29, 1.82) is 0 Å². The number of sulfone groups is 1. The predicted molar refractivity (Wildman–Crippen MR) is 70.0 cm³/mol. The normalized spacial score (nSPS) is 27.3. The van der Waals surface area contributed by atoms with Crippen LogP contribution in [-0.2, 0) is 14.6 Å². The van der Waals surface area contributed by atoms with E-state index in [0.29, 0.717) is 19.4 Å². The average molecular weight is 272 g/mol. The van der Waals surface area contributed by atoms with Gasteiger partial charge in [-0.3, -0.25) is 4.79 Å². The molecule has 0 saturated carbocycles. The number of carbonyl (C=O) groups excluding carboxylic acids is 1. The Bertz CT molecular complexity index is 442. The summed E-state index contributed by atoms with van der Waals surface area (Å²) in [5, 5.41) is 5.13. The van der Waals surface area contributed by atoms with Crippen LogP contribution in [0.4, 0.5) is 0 Å². The van der Waals surface area contributed by atoms with Gasteiger partial charge in [0.05, 0.1) is 5.75 Å². The highest BCUT2D eigenvalue weighted by Gasteiger charge is 2.34. The van der Waals surface area contributed by atoms with E-state index in [1.165, 1.54) is 5.57 Å². The van der Waals surface area contributed by atoms with Crippen LogP contribution in [0.3, 0.4) is 0 Å². The largest absolute Gasteiger partial charge is 0.351 e. The Morgan fingerprint density at radius 2 is 2.28 bits per heavy atom. The molecule has 1 saturated heterocycles. The van der Waals surface area contributed by atoms with Gasteiger partial charge in [0.25, 0.3) is 0 Å². The molecule has 2 rings (SSSR count). The van der Waals surface area contributed by atoms with Gasteiger partial charge in [0.15, 0.2) is 9.84 Å². The summed E-state index contributed by atoms with van der Waals surface area (Å²) < 4.78 is 23.6.